The van der Waals surface area contributed by atoms with Gasteiger partial charge in [0.1, 0.15) is 5.76 Å². The van der Waals surface area contributed by atoms with Crippen LogP contribution in [0.5, 0.6) is 0 Å². The molecular weight excluding hydrogens is 365 g/mol. The Hall–Kier alpha value is -2.58. The van der Waals surface area contributed by atoms with Crippen LogP contribution >= 0.6 is 11.3 Å². The molecule has 0 radical (unpaired) electrons. The van der Waals surface area contributed by atoms with Gasteiger partial charge in [0.15, 0.2) is 17.5 Å². The Bertz CT molecular complexity index is 831. The van der Waals surface area contributed by atoms with E-state index in [0.717, 1.165) is 17.0 Å². The first kappa shape index (κ1) is 18.2. The van der Waals surface area contributed by atoms with Crippen LogP contribution in [0.1, 0.15) is 10.6 Å². The second-order valence-electron chi connectivity index (χ2n) is 5.57. The van der Waals surface area contributed by atoms with Crippen LogP contribution in [0.4, 0.5) is 18.9 Å². The lowest BCUT2D eigenvalue weighted by Gasteiger charge is -2.20. The van der Waals surface area contributed by atoms with E-state index in [9.17, 15) is 18.0 Å². The number of halogens is 3. The average Bonchev–Trinajstić information content (AvgIpc) is 3.29. The molecule has 0 bridgehead atoms. The molecule has 0 aliphatic carbocycles. The van der Waals surface area contributed by atoms with Crippen molar-refractivity contribution in [3.8, 4) is 0 Å². The molecule has 136 valence electrons. The van der Waals surface area contributed by atoms with Crippen molar-refractivity contribution in [2.45, 2.75) is 13.1 Å². The molecular formula is C18H15F3N2O2S. The highest BCUT2D eigenvalue weighted by atomic mass is 32.1. The molecule has 2 aromatic heterocycles. The fourth-order valence-electron chi connectivity index (χ4n) is 2.43. The van der Waals surface area contributed by atoms with Gasteiger partial charge in [0.05, 0.1) is 25.0 Å². The van der Waals surface area contributed by atoms with Crippen molar-refractivity contribution in [2.75, 3.05) is 11.9 Å². The molecule has 1 amide bonds. The minimum atomic E-state index is -1.62. The summed E-state index contributed by atoms with van der Waals surface area (Å²) in [5.41, 5.74) is -0.400. The summed E-state index contributed by atoms with van der Waals surface area (Å²) in [5.74, 6) is -4.22. The molecule has 2 heterocycles. The Morgan fingerprint density at radius 2 is 1.92 bits per heavy atom. The van der Waals surface area contributed by atoms with Gasteiger partial charge in [-0.1, -0.05) is 6.07 Å². The second-order valence-corrected chi connectivity index (χ2v) is 6.61. The van der Waals surface area contributed by atoms with Crippen LogP contribution < -0.4 is 5.32 Å². The predicted molar refractivity (Wildman–Crippen MR) is 92.1 cm³/mol. The molecule has 26 heavy (non-hydrogen) atoms. The van der Waals surface area contributed by atoms with Gasteiger partial charge in [-0.15, -0.1) is 11.3 Å². The summed E-state index contributed by atoms with van der Waals surface area (Å²) in [5, 5.41) is 4.21. The molecule has 1 N–H and O–H groups in total. The largest absolute Gasteiger partial charge is 0.468 e. The predicted octanol–water partition coefficient (Wildman–Crippen LogP) is 4.40. The summed E-state index contributed by atoms with van der Waals surface area (Å²) < 4.78 is 45.3. The van der Waals surface area contributed by atoms with Gasteiger partial charge in [-0.2, -0.15) is 0 Å². The summed E-state index contributed by atoms with van der Waals surface area (Å²) in [6, 6.07) is 9.13. The lowest BCUT2D eigenvalue weighted by Crippen LogP contribution is -2.32. The van der Waals surface area contributed by atoms with Crippen molar-refractivity contribution < 1.29 is 22.4 Å². The average molecular weight is 380 g/mol. The Morgan fingerprint density at radius 1 is 1.08 bits per heavy atom. The number of hydrogen-bond donors (Lipinski definition) is 1. The quantitative estimate of drug-likeness (QED) is 0.618. The van der Waals surface area contributed by atoms with Gasteiger partial charge in [-0.25, -0.2) is 13.2 Å². The van der Waals surface area contributed by atoms with E-state index in [-0.39, 0.29) is 6.54 Å². The van der Waals surface area contributed by atoms with E-state index in [1.54, 1.807) is 28.4 Å². The van der Waals surface area contributed by atoms with Crippen molar-refractivity contribution >= 4 is 22.9 Å². The Morgan fingerprint density at radius 3 is 2.62 bits per heavy atom. The molecule has 0 saturated carbocycles. The number of benzene rings is 1. The number of thiophene rings is 1. The molecule has 4 nitrogen and oxygen atoms in total. The third kappa shape index (κ3) is 4.53. The maximum absolute atomic E-state index is 13.7. The molecule has 0 aliphatic heterocycles. The van der Waals surface area contributed by atoms with Crippen molar-refractivity contribution in [2.24, 2.45) is 0 Å². The number of anilines is 1. The number of carbonyl (C=O) groups excluding carboxylic acids is 1. The SMILES string of the molecule is O=C(CN(Cc1ccco1)Cc1cccs1)Nc1ccc(F)c(F)c1F. The smallest absolute Gasteiger partial charge is 0.238 e. The van der Waals surface area contributed by atoms with Crippen LogP contribution in [0.15, 0.2) is 52.5 Å². The summed E-state index contributed by atoms with van der Waals surface area (Å²) in [6.07, 6.45) is 1.54. The van der Waals surface area contributed by atoms with E-state index in [2.05, 4.69) is 5.32 Å². The zero-order chi connectivity index (χ0) is 18.5. The number of amides is 1. The number of carbonyl (C=O) groups is 1. The fourth-order valence-corrected chi connectivity index (χ4v) is 3.18. The number of rotatable bonds is 7. The maximum Gasteiger partial charge on any atom is 0.238 e. The molecule has 1 aromatic carbocycles. The number of furan rings is 1. The van der Waals surface area contributed by atoms with E-state index in [1.807, 2.05) is 17.5 Å². The lowest BCUT2D eigenvalue weighted by molar-refractivity contribution is -0.117. The highest BCUT2D eigenvalue weighted by molar-refractivity contribution is 7.09. The molecule has 0 spiro atoms. The van der Waals surface area contributed by atoms with Crippen LogP contribution in [-0.2, 0) is 17.9 Å². The molecule has 3 aromatic rings. The third-order valence-corrected chi connectivity index (χ3v) is 4.46. The standard InChI is InChI=1S/C18H15F3N2O2S/c19-14-5-6-15(18(21)17(14)20)22-16(24)11-23(9-12-3-1-7-25-12)10-13-4-2-8-26-13/h1-8H,9-11H2,(H,22,24). The Labute approximate surface area is 151 Å². The van der Waals surface area contributed by atoms with Crippen molar-refractivity contribution in [1.82, 2.24) is 4.90 Å². The highest BCUT2D eigenvalue weighted by Gasteiger charge is 2.18. The Kier molecular flexibility index (Phi) is 5.75. The zero-order valence-electron chi connectivity index (χ0n) is 13.5. The van der Waals surface area contributed by atoms with Crippen LogP contribution in [0.25, 0.3) is 0 Å². The molecule has 0 aliphatic rings. The van der Waals surface area contributed by atoms with Gasteiger partial charge in [-0.05, 0) is 35.7 Å². The van der Waals surface area contributed by atoms with Gasteiger partial charge in [-0.3, -0.25) is 9.69 Å². The molecule has 0 fully saturated rings. The van der Waals surface area contributed by atoms with E-state index in [1.165, 1.54) is 6.26 Å². The summed E-state index contributed by atoms with van der Waals surface area (Å²) in [4.78, 5) is 15.1. The third-order valence-electron chi connectivity index (χ3n) is 3.60. The van der Waals surface area contributed by atoms with E-state index >= 15 is 0 Å². The van der Waals surface area contributed by atoms with Crippen LogP contribution in [0, 0.1) is 17.5 Å². The maximum atomic E-state index is 13.7. The summed E-state index contributed by atoms with van der Waals surface area (Å²) in [6.45, 7) is 0.793. The normalized spacial score (nSPS) is 11.1. The number of nitrogens with one attached hydrogen (secondary N) is 1. The number of nitrogens with zero attached hydrogens (tertiary/aromatic N) is 1. The van der Waals surface area contributed by atoms with Crippen LogP contribution in [-0.4, -0.2) is 17.4 Å². The molecule has 0 unspecified atom stereocenters. The minimum Gasteiger partial charge on any atom is -0.468 e. The lowest BCUT2D eigenvalue weighted by atomic mass is 10.2. The number of hydrogen-bond acceptors (Lipinski definition) is 4. The van der Waals surface area contributed by atoms with Crippen LogP contribution in [0.2, 0.25) is 0 Å². The Balaban J connectivity index is 1.69. The van der Waals surface area contributed by atoms with E-state index in [4.69, 9.17) is 4.42 Å². The van der Waals surface area contributed by atoms with Crippen molar-refractivity contribution in [3.05, 3.63) is 76.1 Å². The first-order valence-corrected chi connectivity index (χ1v) is 8.61. The van der Waals surface area contributed by atoms with Gasteiger partial charge < -0.3 is 9.73 Å². The minimum absolute atomic E-state index is 0.0724. The van der Waals surface area contributed by atoms with Gasteiger partial charge in [0.2, 0.25) is 5.91 Å². The van der Waals surface area contributed by atoms with Gasteiger partial charge in [0, 0.05) is 11.4 Å². The van der Waals surface area contributed by atoms with Crippen molar-refractivity contribution in [3.63, 3.8) is 0 Å². The first-order chi connectivity index (χ1) is 12.5. The summed E-state index contributed by atoms with van der Waals surface area (Å²) in [7, 11) is 0. The molecule has 3 rings (SSSR count). The monoisotopic (exact) mass is 380 g/mol. The van der Waals surface area contributed by atoms with E-state index in [0.29, 0.717) is 18.8 Å². The van der Waals surface area contributed by atoms with Gasteiger partial charge in [0.25, 0.3) is 0 Å². The van der Waals surface area contributed by atoms with Crippen LogP contribution in [0.3, 0.4) is 0 Å². The first-order valence-electron chi connectivity index (χ1n) is 7.73. The zero-order valence-corrected chi connectivity index (χ0v) is 14.4. The van der Waals surface area contributed by atoms with Crippen molar-refractivity contribution in [1.29, 1.82) is 0 Å². The fraction of sp³-hybridized carbons (Fsp3) is 0.167. The molecule has 8 heteroatoms. The second kappa shape index (κ2) is 8.20. The topological polar surface area (TPSA) is 45.5 Å². The highest BCUT2D eigenvalue weighted by Crippen LogP contribution is 2.20. The van der Waals surface area contributed by atoms with E-state index < -0.39 is 29.0 Å². The summed E-state index contributed by atoms with van der Waals surface area (Å²) >= 11 is 1.55. The molecule has 0 atom stereocenters. The molecule has 0 saturated heterocycles. The van der Waals surface area contributed by atoms with Gasteiger partial charge >= 0.3 is 0 Å².